The first-order valence-corrected chi connectivity index (χ1v) is 11.3. The first kappa shape index (κ1) is 21.7. The summed E-state index contributed by atoms with van der Waals surface area (Å²) in [5.41, 5.74) is 2.15. The Labute approximate surface area is 182 Å². The Balaban J connectivity index is 1.33. The van der Waals surface area contributed by atoms with Crippen LogP contribution in [0.5, 0.6) is 0 Å². The van der Waals surface area contributed by atoms with E-state index in [2.05, 4.69) is 27.2 Å². The minimum absolute atomic E-state index is 0.115. The summed E-state index contributed by atoms with van der Waals surface area (Å²) in [6.07, 6.45) is 5.92. The van der Waals surface area contributed by atoms with Crippen molar-refractivity contribution >= 4 is 5.91 Å². The molecule has 1 saturated heterocycles. The molecule has 1 aromatic heterocycles. The van der Waals surface area contributed by atoms with E-state index in [1.54, 1.807) is 12.1 Å². The van der Waals surface area contributed by atoms with Gasteiger partial charge in [0.05, 0.1) is 5.69 Å². The van der Waals surface area contributed by atoms with E-state index < -0.39 is 0 Å². The van der Waals surface area contributed by atoms with Gasteiger partial charge in [0, 0.05) is 24.1 Å². The van der Waals surface area contributed by atoms with Gasteiger partial charge in [0.15, 0.2) is 0 Å². The molecule has 31 heavy (non-hydrogen) atoms. The van der Waals surface area contributed by atoms with E-state index in [0.717, 1.165) is 50.0 Å². The summed E-state index contributed by atoms with van der Waals surface area (Å²) in [5, 5.41) is 3.13. The maximum absolute atomic E-state index is 13.2. The van der Waals surface area contributed by atoms with Crippen molar-refractivity contribution in [3.05, 3.63) is 51.7 Å². The highest BCUT2D eigenvalue weighted by molar-refractivity contribution is 5.76. The van der Waals surface area contributed by atoms with Gasteiger partial charge in [-0.1, -0.05) is 0 Å². The Hall–Kier alpha value is -2.54. The predicted octanol–water partition coefficient (Wildman–Crippen LogP) is 2.92. The minimum Gasteiger partial charge on any atom is -0.356 e. The fourth-order valence-corrected chi connectivity index (χ4v) is 4.65. The van der Waals surface area contributed by atoms with Crippen molar-refractivity contribution in [2.24, 2.45) is 11.8 Å². The summed E-state index contributed by atoms with van der Waals surface area (Å²) < 4.78 is 13.2. The van der Waals surface area contributed by atoms with Gasteiger partial charge < -0.3 is 15.2 Å². The van der Waals surface area contributed by atoms with E-state index in [9.17, 15) is 14.0 Å². The largest absolute Gasteiger partial charge is 0.356 e. The van der Waals surface area contributed by atoms with Crippen LogP contribution < -0.4 is 10.9 Å². The number of fused-ring (bicyclic) bond motifs is 1. The first-order chi connectivity index (χ1) is 15.0. The molecule has 0 saturated carbocycles. The van der Waals surface area contributed by atoms with Crippen molar-refractivity contribution in [3.63, 3.8) is 0 Å². The zero-order valence-electron chi connectivity index (χ0n) is 18.1. The number of aromatic amines is 1. The van der Waals surface area contributed by atoms with Gasteiger partial charge in [-0.3, -0.25) is 9.59 Å². The number of H-pyrrole nitrogens is 1. The molecule has 0 radical (unpaired) electrons. The van der Waals surface area contributed by atoms with Crippen LogP contribution in [0.1, 0.15) is 43.4 Å². The molecule has 0 bridgehead atoms. The second-order valence-corrected chi connectivity index (χ2v) is 9.04. The molecule has 1 aliphatic heterocycles. The lowest BCUT2D eigenvalue weighted by molar-refractivity contribution is -0.122. The Morgan fingerprint density at radius 3 is 2.58 bits per heavy atom. The molecule has 2 N–H and O–H groups in total. The molecule has 166 valence electrons. The quantitative estimate of drug-likeness (QED) is 0.721. The van der Waals surface area contributed by atoms with Crippen molar-refractivity contribution in [1.29, 1.82) is 0 Å². The Kier molecular flexibility index (Phi) is 6.80. The number of halogens is 1. The van der Waals surface area contributed by atoms with Gasteiger partial charge >= 0.3 is 0 Å². The SMILES string of the molecule is CN1CCC(CC(=O)NCC2CCc3nc(-c4ccc(F)cc4)[nH]c(=O)c3CC2)CC1. The molecule has 7 heteroatoms. The Morgan fingerprint density at radius 2 is 1.84 bits per heavy atom. The summed E-state index contributed by atoms with van der Waals surface area (Å²) in [5.74, 6) is 1.13. The van der Waals surface area contributed by atoms with Gasteiger partial charge in [0.2, 0.25) is 5.91 Å². The maximum Gasteiger partial charge on any atom is 0.254 e. The van der Waals surface area contributed by atoms with Crippen LogP contribution in [0.15, 0.2) is 29.1 Å². The van der Waals surface area contributed by atoms with Crippen LogP contribution in [0.25, 0.3) is 11.4 Å². The van der Waals surface area contributed by atoms with E-state index in [1.807, 2.05) is 0 Å². The van der Waals surface area contributed by atoms with Crippen molar-refractivity contribution in [1.82, 2.24) is 20.2 Å². The lowest BCUT2D eigenvalue weighted by Crippen LogP contribution is -2.35. The molecule has 1 aromatic carbocycles. The molecule has 1 fully saturated rings. The summed E-state index contributed by atoms with van der Waals surface area (Å²) in [6.45, 7) is 2.79. The fraction of sp³-hybridized carbons (Fsp3) is 0.542. The molecule has 2 aliphatic rings. The highest BCUT2D eigenvalue weighted by Crippen LogP contribution is 2.24. The maximum atomic E-state index is 13.2. The summed E-state index contributed by atoms with van der Waals surface area (Å²) >= 11 is 0. The molecular formula is C24H31FN4O2. The van der Waals surface area contributed by atoms with Crippen LogP contribution in [-0.4, -0.2) is 47.5 Å². The zero-order valence-corrected chi connectivity index (χ0v) is 18.1. The molecule has 1 amide bonds. The first-order valence-electron chi connectivity index (χ1n) is 11.3. The second kappa shape index (κ2) is 9.73. The number of hydrogen-bond donors (Lipinski definition) is 2. The molecule has 1 atom stereocenters. The number of rotatable bonds is 5. The number of piperidine rings is 1. The van der Waals surface area contributed by atoms with E-state index in [4.69, 9.17) is 0 Å². The molecule has 1 unspecified atom stereocenters. The second-order valence-electron chi connectivity index (χ2n) is 9.04. The van der Waals surface area contributed by atoms with E-state index >= 15 is 0 Å². The van der Waals surface area contributed by atoms with Crippen LogP contribution in [-0.2, 0) is 17.6 Å². The number of likely N-dealkylation sites (tertiary alicyclic amines) is 1. The van der Waals surface area contributed by atoms with Crippen molar-refractivity contribution in [3.8, 4) is 11.4 Å². The number of hydrogen-bond acceptors (Lipinski definition) is 4. The van der Waals surface area contributed by atoms with Gasteiger partial charge in [0.1, 0.15) is 11.6 Å². The lowest BCUT2D eigenvalue weighted by Gasteiger charge is -2.28. The number of amides is 1. The van der Waals surface area contributed by atoms with Crippen LogP contribution in [0.3, 0.4) is 0 Å². The Bertz CT molecular complexity index is 965. The number of aryl methyl sites for hydroxylation is 1. The van der Waals surface area contributed by atoms with Crippen molar-refractivity contribution in [2.45, 2.75) is 44.9 Å². The third kappa shape index (κ3) is 5.58. The number of nitrogens with one attached hydrogen (secondary N) is 2. The smallest absolute Gasteiger partial charge is 0.254 e. The van der Waals surface area contributed by atoms with Crippen molar-refractivity contribution in [2.75, 3.05) is 26.7 Å². The van der Waals surface area contributed by atoms with Gasteiger partial charge in [-0.15, -0.1) is 0 Å². The van der Waals surface area contributed by atoms with Crippen LogP contribution in [0.2, 0.25) is 0 Å². The molecule has 6 nitrogen and oxygen atoms in total. The van der Waals surface area contributed by atoms with Crippen LogP contribution in [0.4, 0.5) is 4.39 Å². The van der Waals surface area contributed by atoms with Gasteiger partial charge in [-0.05, 0) is 94.8 Å². The zero-order chi connectivity index (χ0) is 21.8. The summed E-state index contributed by atoms with van der Waals surface area (Å²) in [7, 11) is 2.13. The Morgan fingerprint density at radius 1 is 1.13 bits per heavy atom. The molecule has 2 heterocycles. The highest BCUT2D eigenvalue weighted by Gasteiger charge is 2.23. The average Bonchev–Trinajstić information content (AvgIpc) is 2.97. The molecular weight excluding hydrogens is 395 g/mol. The number of carbonyl (C=O) groups is 1. The lowest BCUT2D eigenvalue weighted by atomic mass is 9.93. The van der Waals surface area contributed by atoms with E-state index in [0.29, 0.717) is 49.0 Å². The number of carbonyl (C=O) groups excluding carboxylic acids is 1. The molecule has 2 aromatic rings. The van der Waals surface area contributed by atoms with E-state index in [-0.39, 0.29) is 17.3 Å². The molecule has 1 aliphatic carbocycles. The van der Waals surface area contributed by atoms with Crippen LogP contribution in [0, 0.1) is 17.7 Å². The standard InChI is InChI=1S/C24H31FN4O2/c1-29-12-10-16(11-13-29)14-22(30)26-15-17-2-8-20-21(9-3-17)27-23(28-24(20)31)18-4-6-19(25)7-5-18/h4-7,16-17H,2-3,8-15H2,1H3,(H,26,30)(H,27,28,31). The predicted molar refractivity (Wildman–Crippen MR) is 118 cm³/mol. The van der Waals surface area contributed by atoms with Crippen LogP contribution >= 0.6 is 0 Å². The summed E-state index contributed by atoms with van der Waals surface area (Å²) in [4.78, 5) is 34.9. The number of aromatic nitrogens is 2. The number of nitrogens with zero attached hydrogens (tertiary/aromatic N) is 2. The van der Waals surface area contributed by atoms with Gasteiger partial charge in [0.25, 0.3) is 5.56 Å². The topological polar surface area (TPSA) is 78.1 Å². The third-order valence-corrected chi connectivity index (χ3v) is 6.71. The normalized spacial score (nSPS) is 20.1. The fourth-order valence-electron chi connectivity index (χ4n) is 4.65. The molecule has 4 rings (SSSR count). The minimum atomic E-state index is -0.318. The monoisotopic (exact) mass is 426 g/mol. The highest BCUT2D eigenvalue weighted by atomic mass is 19.1. The summed E-state index contributed by atoms with van der Waals surface area (Å²) in [6, 6.07) is 5.98. The molecule has 0 spiro atoms. The third-order valence-electron chi connectivity index (χ3n) is 6.71. The van der Waals surface area contributed by atoms with Crippen molar-refractivity contribution < 1.29 is 9.18 Å². The number of benzene rings is 1. The van der Waals surface area contributed by atoms with Gasteiger partial charge in [-0.2, -0.15) is 0 Å². The van der Waals surface area contributed by atoms with Gasteiger partial charge in [-0.25, -0.2) is 9.37 Å². The average molecular weight is 427 g/mol. The van der Waals surface area contributed by atoms with E-state index in [1.165, 1.54) is 12.1 Å².